The lowest BCUT2D eigenvalue weighted by atomic mass is 10.0. The van der Waals surface area contributed by atoms with E-state index in [2.05, 4.69) is 19.9 Å². The van der Waals surface area contributed by atoms with E-state index in [4.69, 9.17) is 14.6 Å². The predicted molar refractivity (Wildman–Crippen MR) is 82.0 cm³/mol. The van der Waals surface area contributed by atoms with Crippen molar-refractivity contribution >= 4 is 0 Å². The van der Waals surface area contributed by atoms with E-state index in [1.807, 2.05) is 37.3 Å². The highest BCUT2D eigenvalue weighted by Gasteiger charge is 2.32. The molecular weight excluding hydrogens is 264 g/mol. The largest absolute Gasteiger partial charge is 0.483 e. The highest BCUT2D eigenvalue weighted by Crippen LogP contribution is 2.43. The average molecular weight is 284 g/mol. The van der Waals surface area contributed by atoms with E-state index in [1.165, 1.54) is 5.56 Å². The molecule has 110 valence electrons. The fraction of sp³-hybridized carbons (Fsp3) is 0.333. The van der Waals surface area contributed by atoms with Gasteiger partial charge in [-0.1, -0.05) is 24.3 Å². The number of fused-ring (bicyclic) bond motifs is 1. The van der Waals surface area contributed by atoms with Crippen molar-refractivity contribution in [3.05, 3.63) is 53.1 Å². The summed E-state index contributed by atoms with van der Waals surface area (Å²) < 4.78 is 12.1. The van der Waals surface area contributed by atoms with E-state index >= 15 is 0 Å². The van der Waals surface area contributed by atoms with Crippen LogP contribution in [-0.2, 0) is 13.0 Å². The second kappa shape index (κ2) is 5.08. The van der Waals surface area contributed by atoms with E-state index in [0.29, 0.717) is 0 Å². The van der Waals surface area contributed by atoms with Gasteiger partial charge >= 0.3 is 0 Å². The van der Waals surface area contributed by atoms with Crippen molar-refractivity contribution in [2.24, 2.45) is 0 Å². The minimum Gasteiger partial charge on any atom is -0.483 e. The molecule has 0 saturated heterocycles. The smallest absolute Gasteiger partial charge is 0.169 e. The van der Waals surface area contributed by atoms with Crippen molar-refractivity contribution in [2.45, 2.75) is 39.4 Å². The highest BCUT2D eigenvalue weighted by atomic mass is 16.5. The highest BCUT2D eigenvalue weighted by molar-refractivity contribution is 5.52. The third kappa shape index (κ3) is 2.74. The summed E-state index contributed by atoms with van der Waals surface area (Å²) in [6.45, 7) is 6.18. The molecule has 0 bridgehead atoms. The van der Waals surface area contributed by atoms with E-state index < -0.39 is 0 Å². The summed E-state index contributed by atoms with van der Waals surface area (Å²) in [5.41, 5.74) is 2.88. The van der Waals surface area contributed by atoms with Gasteiger partial charge in [0.25, 0.3) is 0 Å². The second-order valence-electron chi connectivity index (χ2n) is 6.14. The molecule has 0 saturated carbocycles. The number of ether oxygens (including phenoxy) is 2. The van der Waals surface area contributed by atoms with Crippen LogP contribution in [0.2, 0.25) is 0 Å². The van der Waals surface area contributed by atoms with Gasteiger partial charge in [-0.3, -0.25) is 0 Å². The molecular formula is C18H20O3. The van der Waals surface area contributed by atoms with E-state index in [-0.39, 0.29) is 12.2 Å². The molecule has 3 nitrogen and oxygen atoms in total. The van der Waals surface area contributed by atoms with Crippen LogP contribution in [0.5, 0.6) is 17.2 Å². The maximum absolute atomic E-state index is 9.17. The first kappa shape index (κ1) is 14.0. The minimum atomic E-state index is -0.183. The lowest BCUT2D eigenvalue weighted by molar-refractivity contribution is 0.135. The van der Waals surface area contributed by atoms with Crippen LogP contribution in [0.1, 0.15) is 30.5 Å². The molecule has 1 N–H and O–H groups in total. The van der Waals surface area contributed by atoms with Crippen molar-refractivity contribution in [1.29, 1.82) is 0 Å². The molecule has 0 amide bonds. The zero-order valence-electron chi connectivity index (χ0n) is 12.6. The van der Waals surface area contributed by atoms with Crippen LogP contribution >= 0.6 is 0 Å². The van der Waals surface area contributed by atoms with Crippen LogP contribution in [-0.4, -0.2) is 10.7 Å². The van der Waals surface area contributed by atoms with Crippen LogP contribution in [0.4, 0.5) is 0 Å². The Bertz CT molecular complexity index is 674. The molecule has 1 aliphatic heterocycles. The van der Waals surface area contributed by atoms with Crippen molar-refractivity contribution in [3.63, 3.8) is 0 Å². The number of aliphatic hydroxyl groups is 1. The molecule has 3 rings (SSSR count). The molecule has 1 heterocycles. The standard InChI is InChI=1S/C18H20O3/c1-12-9-13(11-19)7-8-15(12)20-16-6-4-5-14-10-18(2,3)21-17(14)16/h4-9,19H,10-11H2,1-3H3. The molecule has 2 aromatic rings. The maximum Gasteiger partial charge on any atom is 0.169 e. The Balaban J connectivity index is 1.92. The molecule has 0 aliphatic carbocycles. The van der Waals surface area contributed by atoms with Gasteiger partial charge in [0.2, 0.25) is 0 Å². The summed E-state index contributed by atoms with van der Waals surface area (Å²) in [7, 11) is 0. The molecule has 3 heteroatoms. The molecule has 0 spiro atoms. The Morgan fingerprint density at radius 2 is 2.00 bits per heavy atom. The second-order valence-corrected chi connectivity index (χ2v) is 6.14. The quantitative estimate of drug-likeness (QED) is 0.926. The molecule has 0 radical (unpaired) electrons. The van der Waals surface area contributed by atoms with Gasteiger partial charge in [0, 0.05) is 12.0 Å². The Labute approximate surface area is 125 Å². The summed E-state index contributed by atoms with van der Waals surface area (Å²) in [5, 5.41) is 9.17. The van der Waals surface area contributed by atoms with Crippen LogP contribution in [0.25, 0.3) is 0 Å². The van der Waals surface area contributed by atoms with Gasteiger partial charge in [-0.25, -0.2) is 0 Å². The zero-order chi connectivity index (χ0) is 15.0. The van der Waals surface area contributed by atoms with Crippen molar-refractivity contribution in [2.75, 3.05) is 0 Å². The van der Waals surface area contributed by atoms with Crippen LogP contribution < -0.4 is 9.47 Å². The number of hydrogen-bond acceptors (Lipinski definition) is 3. The summed E-state index contributed by atoms with van der Waals surface area (Å²) in [4.78, 5) is 0. The maximum atomic E-state index is 9.17. The first-order valence-corrected chi connectivity index (χ1v) is 7.18. The van der Waals surface area contributed by atoms with Gasteiger partial charge in [-0.05, 0) is 44.0 Å². The monoisotopic (exact) mass is 284 g/mol. The average Bonchev–Trinajstić information content (AvgIpc) is 2.76. The molecule has 0 atom stereocenters. The van der Waals surface area contributed by atoms with Gasteiger partial charge < -0.3 is 14.6 Å². The molecule has 1 aliphatic rings. The van der Waals surface area contributed by atoms with E-state index in [1.54, 1.807) is 0 Å². The Hall–Kier alpha value is -2.00. The minimum absolute atomic E-state index is 0.0408. The lowest BCUT2D eigenvalue weighted by Crippen LogP contribution is -2.24. The van der Waals surface area contributed by atoms with E-state index in [9.17, 15) is 0 Å². The van der Waals surface area contributed by atoms with Gasteiger partial charge in [-0.2, -0.15) is 0 Å². The van der Waals surface area contributed by atoms with Crippen molar-refractivity contribution in [1.82, 2.24) is 0 Å². The lowest BCUT2D eigenvalue weighted by Gasteiger charge is -2.18. The summed E-state index contributed by atoms with van der Waals surface area (Å²) in [6, 6.07) is 11.7. The normalized spacial score (nSPS) is 15.4. The molecule has 0 aromatic heterocycles. The summed E-state index contributed by atoms with van der Waals surface area (Å²) >= 11 is 0. The molecule has 0 unspecified atom stereocenters. The molecule has 21 heavy (non-hydrogen) atoms. The van der Waals surface area contributed by atoms with Gasteiger partial charge in [0.15, 0.2) is 11.5 Å². The third-order valence-corrected chi connectivity index (χ3v) is 3.70. The fourth-order valence-electron chi connectivity index (χ4n) is 2.71. The Morgan fingerprint density at radius 3 is 2.71 bits per heavy atom. The third-order valence-electron chi connectivity index (χ3n) is 3.70. The number of aliphatic hydroxyl groups excluding tert-OH is 1. The number of aryl methyl sites for hydroxylation is 1. The van der Waals surface area contributed by atoms with Gasteiger partial charge in [0.1, 0.15) is 11.4 Å². The molecule has 0 fully saturated rings. The van der Waals surface area contributed by atoms with Gasteiger partial charge in [-0.15, -0.1) is 0 Å². The summed E-state index contributed by atoms with van der Waals surface area (Å²) in [6.07, 6.45) is 0.891. The van der Waals surface area contributed by atoms with Crippen LogP contribution in [0.15, 0.2) is 36.4 Å². The Morgan fingerprint density at radius 1 is 1.19 bits per heavy atom. The predicted octanol–water partition coefficient (Wildman–Crippen LogP) is 3.99. The number of benzene rings is 2. The Kier molecular flexibility index (Phi) is 3.38. The number of hydrogen-bond donors (Lipinski definition) is 1. The topological polar surface area (TPSA) is 38.7 Å². The van der Waals surface area contributed by atoms with Crippen LogP contribution in [0, 0.1) is 6.92 Å². The van der Waals surface area contributed by atoms with Crippen molar-refractivity contribution in [3.8, 4) is 17.2 Å². The van der Waals surface area contributed by atoms with Gasteiger partial charge in [0.05, 0.1) is 6.61 Å². The van der Waals surface area contributed by atoms with Crippen molar-refractivity contribution < 1.29 is 14.6 Å². The molecule has 2 aromatic carbocycles. The first-order valence-electron chi connectivity index (χ1n) is 7.18. The number of rotatable bonds is 3. The fourth-order valence-corrected chi connectivity index (χ4v) is 2.71. The van der Waals surface area contributed by atoms with E-state index in [0.717, 1.165) is 34.8 Å². The van der Waals surface area contributed by atoms with Crippen LogP contribution in [0.3, 0.4) is 0 Å². The first-order chi connectivity index (χ1) is 9.98. The zero-order valence-corrected chi connectivity index (χ0v) is 12.6. The SMILES string of the molecule is Cc1cc(CO)ccc1Oc1cccc2c1OC(C)(C)C2. The summed E-state index contributed by atoms with van der Waals surface area (Å²) in [5.74, 6) is 2.37. The number of para-hydroxylation sites is 1.